The van der Waals surface area contributed by atoms with E-state index in [2.05, 4.69) is 36.1 Å². The Kier molecular flexibility index (Phi) is 7.53. The summed E-state index contributed by atoms with van der Waals surface area (Å²) in [6.07, 6.45) is 6.68. The quantitative estimate of drug-likeness (QED) is 0.274. The highest BCUT2D eigenvalue weighted by molar-refractivity contribution is 5.94. The van der Waals surface area contributed by atoms with E-state index in [4.69, 9.17) is 0 Å². The van der Waals surface area contributed by atoms with Crippen LogP contribution in [-0.4, -0.2) is 58.3 Å². The molecule has 0 aliphatic heterocycles. The van der Waals surface area contributed by atoms with E-state index in [-0.39, 0.29) is 24.0 Å². The van der Waals surface area contributed by atoms with Gasteiger partial charge in [-0.15, -0.1) is 5.10 Å². The van der Waals surface area contributed by atoms with Crippen LogP contribution in [0.4, 0.5) is 10.1 Å². The molecule has 0 aliphatic rings. The topological polar surface area (TPSA) is 137 Å². The van der Waals surface area contributed by atoms with Gasteiger partial charge in [-0.25, -0.2) is 14.1 Å². The van der Waals surface area contributed by atoms with Crippen molar-refractivity contribution in [1.29, 1.82) is 0 Å². The van der Waals surface area contributed by atoms with Crippen LogP contribution in [-0.2, 0) is 18.4 Å². The Balaban J connectivity index is 1.45. The van der Waals surface area contributed by atoms with Gasteiger partial charge in [0.05, 0.1) is 36.2 Å². The summed E-state index contributed by atoms with van der Waals surface area (Å²) in [7, 11) is 3.40. The average molecular weight is 593 g/mol. The van der Waals surface area contributed by atoms with Crippen molar-refractivity contribution < 1.29 is 9.18 Å². The number of likely N-dealkylation sites (N-methyl/N-ethyl adjacent to an activating group) is 1. The lowest BCUT2D eigenvalue weighted by molar-refractivity contribution is -0.117. The number of halogens is 1. The third kappa shape index (κ3) is 5.36. The van der Waals surface area contributed by atoms with Crippen LogP contribution in [0.15, 0.2) is 78.1 Å². The Morgan fingerprint density at radius 2 is 1.84 bits per heavy atom. The van der Waals surface area contributed by atoms with Gasteiger partial charge < -0.3 is 15.2 Å². The number of anilines is 1. The van der Waals surface area contributed by atoms with E-state index in [1.807, 2.05) is 48.0 Å². The van der Waals surface area contributed by atoms with Gasteiger partial charge in [0.25, 0.3) is 5.56 Å². The number of nitrogens with one attached hydrogen (secondary N) is 2. The number of benzene rings is 2. The molecule has 0 saturated heterocycles. The van der Waals surface area contributed by atoms with Crippen molar-refractivity contribution >= 4 is 22.5 Å². The molecule has 0 spiro atoms. The van der Waals surface area contributed by atoms with Crippen molar-refractivity contribution in [2.75, 3.05) is 12.4 Å². The fourth-order valence-electron chi connectivity index (χ4n) is 5.05. The van der Waals surface area contributed by atoms with E-state index < -0.39 is 11.6 Å². The number of rotatable bonds is 8. The maximum Gasteiger partial charge on any atom is 0.277 e. The summed E-state index contributed by atoms with van der Waals surface area (Å²) in [5.41, 5.74) is 4.24. The lowest BCUT2D eigenvalue weighted by Gasteiger charge is -2.16. The first-order valence-electron chi connectivity index (χ1n) is 13.9. The van der Waals surface area contributed by atoms with Crippen molar-refractivity contribution in [2.24, 2.45) is 7.05 Å². The van der Waals surface area contributed by atoms with Gasteiger partial charge in [0.1, 0.15) is 17.3 Å². The first-order valence-corrected chi connectivity index (χ1v) is 13.9. The number of fused-ring (bicyclic) bond motifs is 1. The number of hydrogen-bond donors (Lipinski definition) is 2. The summed E-state index contributed by atoms with van der Waals surface area (Å²) < 4.78 is 18.9. The summed E-state index contributed by atoms with van der Waals surface area (Å²) in [5, 5.41) is 18.1. The highest BCUT2D eigenvalue weighted by Crippen LogP contribution is 2.27. The van der Waals surface area contributed by atoms with Crippen LogP contribution >= 0.6 is 0 Å². The van der Waals surface area contributed by atoms with Crippen LogP contribution in [0.25, 0.3) is 39.4 Å². The minimum absolute atomic E-state index is 0.0488. The number of nitrogens with zero attached hydrogens (tertiary/aromatic N) is 8. The molecule has 12 nitrogen and oxygen atoms in total. The number of carbonyl (C=O) groups is 1. The molecule has 0 aliphatic carbocycles. The van der Waals surface area contributed by atoms with Gasteiger partial charge in [0.15, 0.2) is 5.82 Å². The molecular weight excluding hydrogens is 563 g/mol. The molecule has 0 bridgehead atoms. The molecule has 0 saturated carbocycles. The number of amides is 1. The lowest BCUT2D eigenvalue weighted by atomic mass is 10.1. The minimum Gasteiger partial charge on any atom is -0.319 e. The van der Waals surface area contributed by atoms with E-state index in [0.29, 0.717) is 17.2 Å². The summed E-state index contributed by atoms with van der Waals surface area (Å²) >= 11 is 0. The third-order valence-electron chi connectivity index (χ3n) is 7.50. The molecule has 1 unspecified atom stereocenters. The maximum absolute atomic E-state index is 14.0. The zero-order chi connectivity index (χ0) is 31.0. The predicted molar refractivity (Wildman–Crippen MR) is 164 cm³/mol. The fourth-order valence-corrected chi connectivity index (χ4v) is 5.05. The maximum atomic E-state index is 14.0. The van der Waals surface area contributed by atoms with Crippen molar-refractivity contribution in [2.45, 2.75) is 26.4 Å². The Morgan fingerprint density at radius 1 is 1.05 bits per heavy atom. The monoisotopic (exact) mass is 592 g/mol. The van der Waals surface area contributed by atoms with Gasteiger partial charge >= 0.3 is 0 Å². The van der Waals surface area contributed by atoms with Crippen LogP contribution in [0, 0.1) is 12.7 Å². The van der Waals surface area contributed by atoms with Gasteiger partial charge in [-0.1, -0.05) is 18.2 Å². The molecule has 13 heteroatoms. The Hall–Kier alpha value is -5.56. The van der Waals surface area contributed by atoms with Crippen LogP contribution in [0.5, 0.6) is 0 Å². The molecular formula is C31H29FN10O2. The second-order valence-electron chi connectivity index (χ2n) is 10.5. The molecule has 0 fully saturated rings. The normalized spacial score (nSPS) is 12.0. The van der Waals surface area contributed by atoms with Crippen molar-refractivity contribution in [1.82, 2.24) is 44.6 Å². The first-order chi connectivity index (χ1) is 21.2. The summed E-state index contributed by atoms with van der Waals surface area (Å²) in [6, 6.07) is 13.5. The van der Waals surface area contributed by atoms with E-state index in [0.717, 1.165) is 33.3 Å². The first kappa shape index (κ1) is 28.6. The lowest BCUT2D eigenvalue weighted by Crippen LogP contribution is -2.38. The Labute approximate surface area is 251 Å². The van der Waals surface area contributed by atoms with Gasteiger partial charge in [0.2, 0.25) is 5.91 Å². The highest BCUT2D eigenvalue weighted by Gasteiger charge is 2.19. The number of hydrogen-bond acceptors (Lipinski definition) is 8. The largest absolute Gasteiger partial charge is 0.319 e. The summed E-state index contributed by atoms with van der Waals surface area (Å²) in [4.78, 5) is 35.7. The molecule has 6 aromatic rings. The van der Waals surface area contributed by atoms with Gasteiger partial charge in [-0.2, -0.15) is 0 Å². The second-order valence-corrected chi connectivity index (χ2v) is 10.5. The van der Waals surface area contributed by atoms with E-state index in [9.17, 15) is 14.0 Å². The van der Waals surface area contributed by atoms with Crippen LogP contribution in [0.1, 0.15) is 18.1 Å². The van der Waals surface area contributed by atoms with Crippen LogP contribution in [0.3, 0.4) is 0 Å². The van der Waals surface area contributed by atoms with E-state index in [1.54, 1.807) is 44.2 Å². The molecule has 2 aromatic carbocycles. The SMILES string of the molecule is CNC(C)C(=O)Nc1cnc(-c2cccc(-c3nnnn3C)c2)n(Cc2cncc(-n3cc(C)c4cc(F)ccc43)c2)c1=O. The van der Waals surface area contributed by atoms with Crippen LogP contribution in [0.2, 0.25) is 0 Å². The number of aryl methyl sites for hydroxylation is 2. The van der Waals surface area contributed by atoms with E-state index >= 15 is 0 Å². The minimum atomic E-state index is -0.520. The van der Waals surface area contributed by atoms with Gasteiger partial charge in [0, 0.05) is 36.0 Å². The summed E-state index contributed by atoms with van der Waals surface area (Å²) in [6.45, 7) is 3.73. The molecule has 222 valence electrons. The predicted octanol–water partition coefficient (Wildman–Crippen LogP) is 3.48. The van der Waals surface area contributed by atoms with Gasteiger partial charge in [-0.05, 0) is 72.8 Å². The zero-order valence-corrected chi connectivity index (χ0v) is 24.5. The molecule has 1 amide bonds. The number of tetrazole rings is 1. The molecule has 4 heterocycles. The van der Waals surface area contributed by atoms with E-state index in [1.165, 1.54) is 22.9 Å². The number of carbonyl (C=O) groups excluding carboxylic acids is 1. The van der Waals surface area contributed by atoms with Crippen molar-refractivity contribution in [3.8, 4) is 28.5 Å². The highest BCUT2D eigenvalue weighted by atomic mass is 19.1. The molecule has 0 radical (unpaired) electrons. The van der Waals surface area contributed by atoms with Crippen molar-refractivity contribution in [3.05, 3.63) is 101 Å². The zero-order valence-electron chi connectivity index (χ0n) is 24.5. The average Bonchev–Trinajstić information content (AvgIpc) is 3.61. The molecule has 1 atom stereocenters. The standard InChI is InChI=1S/C31H29FN10O2/c1-18-16-41(27-9-8-23(32)12-25(18)27)24-10-20(13-34-14-24)17-42-28(35-15-26(31(42)44)36-30(43)19(2)33-3)21-6-5-7-22(11-21)29-37-38-39-40(29)4/h5-16,19,33H,17H2,1-4H3,(H,36,43). The molecule has 2 N–H and O–H groups in total. The van der Waals surface area contributed by atoms with Gasteiger partial charge in [-0.3, -0.25) is 19.1 Å². The molecule has 6 rings (SSSR count). The second kappa shape index (κ2) is 11.6. The Morgan fingerprint density at radius 3 is 2.59 bits per heavy atom. The summed E-state index contributed by atoms with van der Waals surface area (Å²) in [5.74, 6) is 0.268. The number of pyridine rings is 1. The molecule has 44 heavy (non-hydrogen) atoms. The number of aromatic nitrogens is 8. The smallest absolute Gasteiger partial charge is 0.277 e. The fraction of sp³-hybridized carbons (Fsp3) is 0.194. The Bertz CT molecular complexity index is 2080. The third-order valence-corrected chi connectivity index (χ3v) is 7.50. The van der Waals surface area contributed by atoms with Crippen LogP contribution < -0.4 is 16.2 Å². The van der Waals surface area contributed by atoms with Crippen molar-refractivity contribution in [3.63, 3.8) is 0 Å². The molecule has 4 aromatic heterocycles.